The smallest absolute Gasteiger partial charge is 0.238 e. The van der Waals surface area contributed by atoms with Crippen LogP contribution in [-0.4, -0.2) is 37.2 Å². The van der Waals surface area contributed by atoms with E-state index >= 15 is 0 Å². The van der Waals surface area contributed by atoms with Gasteiger partial charge in [-0.3, -0.25) is 10.1 Å². The highest BCUT2D eigenvalue weighted by atomic mass is 35.5. The topological polar surface area (TPSA) is 50.4 Å². The van der Waals surface area contributed by atoms with Gasteiger partial charge in [0.05, 0.1) is 12.1 Å². The summed E-state index contributed by atoms with van der Waals surface area (Å²) in [6.45, 7) is 0.443. The number of carbonyl (C=O) groups excluding carboxylic acids is 1. The Morgan fingerprint density at radius 1 is 1.68 bits per heavy atom. The zero-order valence-electron chi connectivity index (χ0n) is 10.7. The number of nitrogens with one attached hydrogen (secondary N) is 2. The molecule has 0 radical (unpaired) electrons. The number of benzene rings is 1. The van der Waals surface area contributed by atoms with Gasteiger partial charge in [0.1, 0.15) is 0 Å². The first-order valence-corrected chi connectivity index (χ1v) is 7.61. The minimum atomic E-state index is -0.184. The van der Waals surface area contributed by atoms with Crippen molar-refractivity contribution in [3.63, 3.8) is 0 Å². The maximum atomic E-state index is 11.9. The third-order valence-electron chi connectivity index (χ3n) is 3.00. The van der Waals surface area contributed by atoms with Crippen LogP contribution in [0.15, 0.2) is 24.3 Å². The van der Waals surface area contributed by atoms with Crippen molar-refractivity contribution in [1.29, 1.82) is 0 Å². The van der Waals surface area contributed by atoms with E-state index in [4.69, 9.17) is 16.3 Å². The van der Waals surface area contributed by atoms with E-state index in [0.29, 0.717) is 11.6 Å². The van der Waals surface area contributed by atoms with E-state index in [1.165, 1.54) is 0 Å². The summed E-state index contributed by atoms with van der Waals surface area (Å²) in [5.74, 6) is 1.68. The summed E-state index contributed by atoms with van der Waals surface area (Å²) < 4.78 is 5.41. The van der Waals surface area contributed by atoms with Gasteiger partial charge in [-0.25, -0.2) is 0 Å². The van der Waals surface area contributed by atoms with E-state index < -0.39 is 0 Å². The largest absolute Gasteiger partial charge is 0.375 e. The van der Waals surface area contributed by atoms with Gasteiger partial charge in [-0.15, -0.1) is 11.8 Å². The minimum Gasteiger partial charge on any atom is -0.375 e. The number of thioether (sulfide) groups is 1. The molecular formula is C13H17ClN2O2S. The average Bonchev–Trinajstić information content (AvgIpc) is 2.93. The van der Waals surface area contributed by atoms with Gasteiger partial charge in [0.15, 0.2) is 0 Å². The van der Waals surface area contributed by atoms with Gasteiger partial charge in [-0.05, 0) is 17.7 Å². The quantitative estimate of drug-likeness (QED) is 0.871. The maximum Gasteiger partial charge on any atom is 0.238 e. The molecule has 0 saturated carbocycles. The monoisotopic (exact) mass is 300 g/mol. The van der Waals surface area contributed by atoms with E-state index in [2.05, 4.69) is 10.6 Å². The summed E-state index contributed by atoms with van der Waals surface area (Å²) in [4.78, 5) is 11.9. The Bertz CT molecular complexity index is 438. The molecule has 19 heavy (non-hydrogen) atoms. The number of hydrogen-bond donors (Lipinski definition) is 2. The second-order valence-corrected chi connectivity index (χ2v) is 5.76. The molecule has 1 aromatic carbocycles. The van der Waals surface area contributed by atoms with E-state index in [0.717, 1.165) is 17.2 Å². The number of halogens is 1. The zero-order valence-corrected chi connectivity index (χ0v) is 12.3. The van der Waals surface area contributed by atoms with Gasteiger partial charge in [0, 0.05) is 30.3 Å². The van der Waals surface area contributed by atoms with Crippen LogP contribution < -0.4 is 10.6 Å². The Hall–Kier alpha value is -0.750. The lowest BCUT2D eigenvalue weighted by Gasteiger charge is -2.18. The molecule has 0 aromatic heterocycles. The van der Waals surface area contributed by atoms with Gasteiger partial charge in [0.25, 0.3) is 0 Å². The molecule has 4 nitrogen and oxygen atoms in total. The van der Waals surface area contributed by atoms with E-state index in [1.807, 2.05) is 24.3 Å². The Morgan fingerprint density at radius 3 is 3.16 bits per heavy atom. The first kappa shape index (κ1) is 14.7. The Kier molecular flexibility index (Phi) is 5.51. The molecule has 2 unspecified atom stereocenters. The molecule has 1 fully saturated rings. The number of methoxy groups -OCH3 is 1. The van der Waals surface area contributed by atoms with Crippen molar-refractivity contribution in [2.75, 3.05) is 25.3 Å². The molecule has 1 aromatic rings. The summed E-state index contributed by atoms with van der Waals surface area (Å²) in [6, 6.07) is 7.39. The van der Waals surface area contributed by atoms with Gasteiger partial charge >= 0.3 is 0 Å². The molecule has 1 heterocycles. The van der Waals surface area contributed by atoms with Crippen molar-refractivity contribution in [3.8, 4) is 0 Å². The first-order chi connectivity index (χ1) is 9.20. The first-order valence-electron chi connectivity index (χ1n) is 6.08. The summed E-state index contributed by atoms with van der Waals surface area (Å²) in [5, 5.41) is 6.71. The van der Waals surface area contributed by atoms with E-state index in [1.54, 1.807) is 18.9 Å². The van der Waals surface area contributed by atoms with Crippen LogP contribution >= 0.6 is 23.4 Å². The summed E-state index contributed by atoms with van der Waals surface area (Å²) in [5.41, 5.74) is 0.962. The lowest BCUT2D eigenvalue weighted by atomic mass is 10.1. The second-order valence-electron chi connectivity index (χ2n) is 4.30. The molecule has 1 saturated heterocycles. The van der Waals surface area contributed by atoms with Crippen molar-refractivity contribution >= 4 is 29.3 Å². The van der Waals surface area contributed by atoms with Crippen molar-refractivity contribution in [1.82, 2.24) is 10.6 Å². The average molecular weight is 301 g/mol. The number of amides is 1. The molecule has 2 atom stereocenters. The van der Waals surface area contributed by atoms with Crippen LogP contribution in [0.5, 0.6) is 0 Å². The predicted molar refractivity (Wildman–Crippen MR) is 78.5 cm³/mol. The van der Waals surface area contributed by atoms with Crippen LogP contribution in [0.25, 0.3) is 0 Å². The third-order valence-corrected chi connectivity index (χ3v) is 4.17. The van der Waals surface area contributed by atoms with Gasteiger partial charge in [-0.2, -0.15) is 0 Å². The second kappa shape index (κ2) is 7.14. The fraction of sp³-hybridized carbons (Fsp3) is 0.462. The summed E-state index contributed by atoms with van der Waals surface area (Å²) in [7, 11) is 1.63. The standard InChI is InChI=1S/C13H17ClN2O2S/c1-18-12(9-3-2-4-10(14)5-9)6-15-13(17)11-7-19-8-16-11/h2-5,11-12,16H,6-8H2,1H3,(H,15,17). The lowest BCUT2D eigenvalue weighted by molar-refractivity contribution is -0.123. The van der Waals surface area contributed by atoms with Crippen molar-refractivity contribution in [3.05, 3.63) is 34.9 Å². The lowest BCUT2D eigenvalue weighted by Crippen LogP contribution is -2.43. The van der Waals surface area contributed by atoms with Gasteiger partial charge in [0.2, 0.25) is 5.91 Å². The summed E-state index contributed by atoms with van der Waals surface area (Å²) in [6.07, 6.45) is -0.184. The SMILES string of the molecule is COC(CNC(=O)C1CSCN1)c1cccc(Cl)c1. The molecular weight excluding hydrogens is 284 g/mol. The van der Waals surface area contributed by atoms with Crippen molar-refractivity contribution in [2.45, 2.75) is 12.1 Å². The van der Waals surface area contributed by atoms with Crippen LogP contribution in [0, 0.1) is 0 Å². The molecule has 0 bridgehead atoms. The fourth-order valence-corrected chi connectivity index (χ4v) is 3.06. The molecule has 6 heteroatoms. The zero-order chi connectivity index (χ0) is 13.7. The van der Waals surface area contributed by atoms with Gasteiger partial charge in [-0.1, -0.05) is 23.7 Å². The number of hydrogen-bond acceptors (Lipinski definition) is 4. The normalized spacial score (nSPS) is 20.2. The molecule has 1 aliphatic heterocycles. The molecule has 2 rings (SSSR count). The molecule has 1 amide bonds. The predicted octanol–water partition coefficient (Wildman–Crippen LogP) is 1.81. The highest BCUT2D eigenvalue weighted by Gasteiger charge is 2.23. The molecule has 0 aliphatic carbocycles. The number of carbonyl (C=O) groups is 1. The van der Waals surface area contributed by atoms with Crippen LogP contribution in [0.2, 0.25) is 5.02 Å². The molecule has 2 N–H and O–H groups in total. The summed E-state index contributed by atoms with van der Waals surface area (Å²) >= 11 is 7.68. The van der Waals surface area contributed by atoms with Crippen molar-refractivity contribution in [2.24, 2.45) is 0 Å². The minimum absolute atomic E-state index is 0.0223. The van der Waals surface area contributed by atoms with Crippen LogP contribution in [0.4, 0.5) is 0 Å². The Morgan fingerprint density at radius 2 is 2.53 bits per heavy atom. The Labute approximate surface area is 122 Å². The van der Waals surface area contributed by atoms with E-state index in [9.17, 15) is 4.79 Å². The molecule has 0 spiro atoms. The highest BCUT2D eigenvalue weighted by Crippen LogP contribution is 2.20. The Balaban J connectivity index is 1.90. The number of rotatable bonds is 5. The van der Waals surface area contributed by atoms with Gasteiger partial charge < -0.3 is 10.1 Å². The maximum absolute atomic E-state index is 11.9. The van der Waals surface area contributed by atoms with Crippen LogP contribution in [0.1, 0.15) is 11.7 Å². The van der Waals surface area contributed by atoms with Crippen LogP contribution in [0.3, 0.4) is 0 Å². The number of ether oxygens (including phenoxy) is 1. The fourth-order valence-electron chi connectivity index (χ4n) is 1.92. The van der Waals surface area contributed by atoms with Crippen LogP contribution in [-0.2, 0) is 9.53 Å². The molecule has 1 aliphatic rings. The highest BCUT2D eigenvalue weighted by molar-refractivity contribution is 7.99. The van der Waals surface area contributed by atoms with E-state index in [-0.39, 0.29) is 18.1 Å². The van der Waals surface area contributed by atoms with Crippen molar-refractivity contribution < 1.29 is 9.53 Å². The molecule has 104 valence electrons. The third kappa shape index (κ3) is 4.11.